The molecule has 0 spiro atoms. The number of piperidine rings is 1. The Hall–Kier alpha value is -2.20. The molecule has 0 saturated carbocycles. The van der Waals surface area contributed by atoms with Gasteiger partial charge in [-0.25, -0.2) is 4.39 Å². The van der Waals surface area contributed by atoms with Gasteiger partial charge in [-0.1, -0.05) is 0 Å². The van der Waals surface area contributed by atoms with Crippen molar-refractivity contribution in [2.24, 2.45) is 5.92 Å². The van der Waals surface area contributed by atoms with Crippen molar-refractivity contribution >= 4 is 11.8 Å². The van der Waals surface area contributed by atoms with Gasteiger partial charge in [0.15, 0.2) is 0 Å². The molecule has 0 aromatic heterocycles. The van der Waals surface area contributed by atoms with E-state index in [9.17, 15) is 27.2 Å². The lowest BCUT2D eigenvalue weighted by Gasteiger charge is -2.34. The highest BCUT2D eigenvalue weighted by molar-refractivity contribution is 5.94. The Morgan fingerprint density at radius 2 is 1.73 bits per heavy atom. The van der Waals surface area contributed by atoms with E-state index in [-0.39, 0.29) is 23.9 Å². The number of ether oxygens (including phenoxy) is 1. The predicted octanol–water partition coefficient (Wildman–Crippen LogP) is 2.15. The summed E-state index contributed by atoms with van der Waals surface area (Å²) in [6.45, 7) is 4.52. The van der Waals surface area contributed by atoms with Crippen LogP contribution in [0.1, 0.15) is 28.8 Å². The first-order chi connectivity index (χ1) is 14.2. The van der Waals surface area contributed by atoms with Crippen LogP contribution in [-0.2, 0) is 15.7 Å². The minimum atomic E-state index is -4.72. The molecule has 3 rings (SSSR count). The summed E-state index contributed by atoms with van der Waals surface area (Å²) in [6.07, 6.45) is -3.35. The number of amides is 2. The van der Waals surface area contributed by atoms with Crippen LogP contribution in [0.5, 0.6) is 0 Å². The van der Waals surface area contributed by atoms with Gasteiger partial charge >= 0.3 is 6.18 Å². The molecule has 6 nitrogen and oxygen atoms in total. The molecule has 0 radical (unpaired) electrons. The maximum absolute atomic E-state index is 13.5. The summed E-state index contributed by atoms with van der Waals surface area (Å²) in [4.78, 5) is 28.5. The van der Waals surface area contributed by atoms with Gasteiger partial charge in [0, 0.05) is 38.3 Å². The molecule has 2 heterocycles. The average molecular weight is 431 g/mol. The van der Waals surface area contributed by atoms with Gasteiger partial charge in [0.05, 0.1) is 25.3 Å². The van der Waals surface area contributed by atoms with Gasteiger partial charge in [-0.15, -0.1) is 0 Å². The van der Waals surface area contributed by atoms with E-state index in [1.165, 1.54) is 0 Å². The summed E-state index contributed by atoms with van der Waals surface area (Å²) in [5, 5.41) is 2.59. The van der Waals surface area contributed by atoms with Gasteiger partial charge in [-0.2, -0.15) is 13.2 Å². The molecule has 2 aliphatic heterocycles. The number of hydrogen-bond donors (Lipinski definition) is 1. The van der Waals surface area contributed by atoms with Crippen molar-refractivity contribution in [2.75, 3.05) is 52.5 Å². The molecule has 0 bridgehead atoms. The monoisotopic (exact) mass is 431 g/mol. The highest BCUT2D eigenvalue weighted by Gasteiger charge is 2.32. The van der Waals surface area contributed by atoms with E-state index in [2.05, 4.69) is 10.2 Å². The minimum Gasteiger partial charge on any atom is -0.379 e. The quantitative estimate of drug-likeness (QED) is 0.726. The van der Waals surface area contributed by atoms with E-state index in [4.69, 9.17) is 4.74 Å². The number of rotatable bonds is 5. The first kappa shape index (κ1) is 22.5. The van der Waals surface area contributed by atoms with Gasteiger partial charge in [-0.3, -0.25) is 14.5 Å². The normalized spacial score (nSPS) is 19.0. The number of halogens is 4. The van der Waals surface area contributed by atoms with Crippen molar-refractivity contribution in [1.82, 2.24) is 15.1 Å². The van der Waals surface area contributed by atoms with Crippen LogP contribution in [0.25, 0.3) is 0 Å². The van der Waals surface area contributed by atoms with Crippen LogP contribution in [0.15, 0.2) is 18.2 Å². The van der Waals surface area contributed by atoms with E-state index < -0.39 is 23.5 Å². The molecule has 30 heavy (non-hydrogen) atoms. The number of nitrogens with zero attached hydrogens (tertiary/aromatic N) is 2. The maximum atomic E-state index is 13.5. The number of carbonyl (C=O) groups is 2. The SMILES string of the molecule is O=C(NCC1CCN(C(=O)CN2CCOCC2)CC1)c1cc(F)cc(C(F)(F)F)c1. The van der Waals surface area contributed by atoms with Crippen molar-refractivity contribution in [3.05, 3.63) is 35.1 Å². The van der Waals surface area contributed by atoms with Gasteiger partial charge < -0.3 is 15.0 Å². The molecule has 1 aromatic carbocycles. The largest absolute Gasteiger partial charge is 0.416 e. The molecular formula is C20H25F4N3O3. The highest BCUT2D eigenvalue weighted by atomic mass is 19.4. The van der Waals surface area contributed by atoms with E-state index in [0.29, 0.717) is 57.8 Å². The Kier molecular flexibility index (Phi) is 7.30. The standard InChI is InChI=1S/C20H25F4N3O3/c21-17-10-15(9-16(11-17)20(22,23)24)19(29)25-12-14-1-3-27(4-2-14)18(28)13-26-5-7-30-8-6-26/h9-11,14H,1-8,12-13H2,(H,25,29). The fourth-order valence-corrected chi connectivity index (χ4v) is 3.66. The van der Waals surface area contributed by atoms with E-state index in [0.717, 1.165) is 19.2 Å². The summed E-state index contributed by atoms with van der Waals surface area (Å²) in [5.74, 6) is -1.68. The molecule has 10 heteroatoms. The third-order valence-corrected chi connectivity index (χ3v) is 5.47. The van der Waals surface area contributed by atoms with Gasteiger partial charge in [0.2, 0.25) is 5.91 Å². The van der Waals surface area contributed by atoms with Crippen molar-refractivity contribution in [1.29, 1.82) is 0 Å². The van der Waals surface area contributed by atoms with Crippen molar-refractivity contribution < 1.29 is 31.9 Å². The van der Waals surface area contributed by atoms with Crippen molar-refractivity contribution in [3.63, 3.8) is 0 Å². The van der Waals surface area contributed by atoms with Crippen molar-refractivity contribution in [3.8, 4) is 0 Å². The van der Waals surface area contributed by atoms with Gasteiger partial charge in [0.1, 0.15) is 5.82 Å². The molecule has 2 amide bonds. The maximum Gasteiger partial charge on any atom is 0.416 e. The van der Waals surface area contributed by atoms with Crippen molar-refractivity contribution in [2.45, 2.75) is 19.0 Å². The Morgan fingerprint density at radius 3 is 2.37 bits per heavy atom. The molecule has 1 N–H and O–H groups in total. The zero-order valence-electron chi connectivity index (χ0n) is 16.5. The number of benzene rings is 1. The zero-order valence-corrected chi connectivity index (χ0v) is 16.5. The average Bonchev–Trinajstić information content (AvgIpc) is 2.72. The smallest absolute Gasteiger partial charge is 0.379 e. The lowest BCUT2D eigenvalue weighted by molar-refractivity contribution is -0.138. The minimum absolute atomic E-state index is 0.0684. The second-order valence-corrected chi connectivity index (χ2v) is 7.65. The Labute approximate surface area is 172 Å². The molecule has 1 aromatic rings. The van der Waals surface area contributed by atoms with Crippen LogP contribution in [0.3, 0.4) is 0 Å². The molecule has 0 unspecified atom stereocenters. The lowest BCUT2D eigenvalue weighted by Crippen LogP contribution is -2.47. The summed E-state index contributed by atoms with van der Waals surface area (Å²) in [6, 6.07) is 1.79. The summed E-state index contributed by atoms with van der Waals surface area (Å²) >= 11 is 0. The fraction of sp³-hybridized carbons (Fsp3) is 0.600. The molecule has 166 valence electrons. The number of nitrogens with one attached hydrogen (secondary N) is 1. The Bertz CT molecular complexity index is 758. The second kappa shape index (κ2) is 9.74. The Balaban J connectivity index is 1.45. The number of morpholine rings is 1. The Morgan fingerprint density at radius 1 is 1.07 bits per heavy atom. The fourth-order valence-electron chi connectivity index (χ4n) is 3.66. The van der Waals surface area contributed by atoms with Crippen LogP contribution in [-0.4, -0.2) is 74.1 Å². The zero-order chi connectivity index (χ0) is 21.7. The number of alkyl halides is 3. The predicted molar refractivity (Wildman–Crippen MR) is 100 cm³/mol. The third-order valence-electron chi connectivity index (χ3n) is 5.47. The third kappa shape index (κ3) is 6.15. The van der Waals surface area contributed by atoms with Crippen LogP contribution in [0.4, 0.5) is 17.6 Å². The topological polar surface area (TPSA) is 61.9 Å². The summed E-state index contributed by atoms with van der Waals surface area (Å²) in [5.41, 5.74) is -1.56. The summed E-state index contributed by atoms with van der Waals surface area (Å²) in [7, 11) is 0. The van der Waals surface area contributed by atoms with Crippen LogP contribution in [0.2, 0.25) is 0 Å². The number of carbonyl (C=O) groups excluding carboxylic acids is 2. The molecule has 2 fully saturated rings. The molecule has 0 atom stereocenters. The first-order valence-corrected chi connectivity index (χ1v) is 9.96. The van der Waals surface area contributed by atoms with Crippen LogP contribution < -0.4 is 5.32 Å². The molecule has 2 saturated heterocycles. The van der Waals surface area contributed by atoms with Gasteiger partial charge in [0.25, 0.3) is 5.91 Å². The molecule has 2 aliphatic rings. The van der Waals surface area contributed by atoms with Gasteiger partial charge in [-0.05, 0) is 37.0 Å². The molecule has 0 aliphatic carbocycles. The first-order valence-electron chi connectivity index (χ1n) is 9.96. The van der Waals surface area contributed by atoms with E-state index in [1.807, 2.05) is 0 Å². The van der Waals surface area contributed by atoms with E-state index >= 15 is 0 Å². The molecular weight excluding hydrogens is 406 g/mol. The number of likely N-dealkylation sites (tertiary alicyclic amines) is 1. The number of hydrogen-bond acceptors (Lipinski definition) is 4. The van der Waals surface area contributed by atoms with Crippen LogP contribution >= 0.6 is 0 Å². The van der Waals surface area contributed by atoms with Crippen LogP contribution in [0, 0.1) is 11.7 Å². The lowest BCUT2D eigenvalue weighted by atomic mass is 9.96. The summed E-state index contributed by atoms with van der Waals surface area (Å²) < 4.78 is 57.1. The highest BCUT2D eigenvalue weighted by Crippen LogP contribution is 2.30. The van der Waals surface area contributed by atoms with E-state index in [1.54, 1.807) is 4.90 Å². The second-order valence-electron chi connectivity index (χ2n) is 7.65.